The molecule has 1 nitrogen and oxygen atoms in total. The molecule has 0 saturated heterocycles. The van der Waals surface area contributed by atoms with E-state index in [4.69, 9.17) is 0 Å². The molecule has 19 heavy (non-hydrogen) atoms. The quantitative estimate of drug-likeness (QED) is 0.687. The molecule has 1 aliphatic carbocycles. The zero-order valence-electron chi connectivity index (χ0n) is 12.4. The second-order valence-electron chi connectivity index (χ2n) is 6.97. The van der Waals surface area contributed by atoms with E-state index in [1.165, 1.54) is 34.9 Å². The standard InChI is InChI=1S/C17H26IN/c1-17(2,3)14-9-7-13(8-10-14)12-19-16-6-4-5-15(18)11-16/h4-6,11,13-14,19H,7-10,12H2,1-3H3. The van der Waals surface area contributed by atoms with Crippen molar-refractivity contribution in [3.05, 3.63) is 27.8 Å². The van der Waals surface area contributed by atoms with E-state index in [9.17, 15) is 0 Å². The first-order valence-corrected chi connectivity index (χ1v) is 8.52. The smallest absolute Gasteiger partial charge is 0.0350 e. The van der Waals surface area contributed by atoms with E-state index in [0.717, 1.165) is 18.4 Å². The van der Waals surface area contributed by atoms with Crippen LogP contribution in [-0.4, -0.2) is 6.54 Å². The lowest BCUT2D eigenvalue weighted by molar-refractivity contribution is 0.153. The lowest BCUT2D eigenvalue weighted by atomic mass is 9.70. The molecule has 2 rings (SSSR count). The highest BCUT2D eigenvalue weighted by molar-refractivity contribution is 14.1. The van der Waals surface area contributed by atoms with Crippen molar-refractivity contribution >= 4 is 28.3 Å². The average Bonchev–Trinajstić information content (AvgIpc) is 2.36. The summed E-state index contributed by atoms with van der Waals surface area (Å²) >= 11 is 2.37. The molecule has 0 aliphatic heterocycles. The van der Waals surface area contributed by atoms with Crippen LogP contribution in [0.15, 0.2) is 24.3 Å². The van der Waals surface area contributed by atoms with Gasteiger partial charge in [-0.15, -0.1) is 0 Å². The van der Waals surface area contributed by atoms with Crippen LogP contribution in [0.3, 0.4) is 0 Å². The Morgan fingerprint density at radius 2 is 1.84 bits per heavy atom. The number of rotatable bonds is 3. The monoisotopic (exact) mass is 371 g/mol. The van der Waals surface area contributed by atoms with Crippen LogP contribution in [0.5, 0.6) is 0 Å². The summed E-state index contributed by atoms with van der Waals surface area (Å²) in [5.74, 6) is 1.78. The summed E-state index contributed by atoms with van der Waals surface area (Å²) in [4.78, 5) is 0. The highest BCUT2D eigenvalue weighted by Gasteiger charge is 2.29. The molecule has 0 radical (unpaired) electrons. The van der Waals surface area contributed by atoms with Crippen molar-refractivity contribution in [2.24, 2.45) is 17.3 Å². The third kappa shape index (κ3) is 4.66. The first-order chi connectivity index (χ1) is 8.95. The van der Waals surface area contributed by atoms with E-state index >= 15 is 0 Å². The predicted octanol–water partition coefficient (Wildman–Crippen LogP) is 5.56. The van der Waals surface area contributed by atoms with Crippen molar-refractivity contribution in [3.8, 4) is 0 Å². The molecule has 0 amide bonds. The molecule has 1 aromatic rings. The van der Waals surface area contributed by atoms with Crippen molar-refractivity contribution in [1.29, 1.82) is 0 Å². The Kier molecular flexibility index (Phi) is 5.15. The minimum atomic E-state index is 0.494. The number of hydrogen-bond acceptors (Lipinski definition) is 1. The summed E-state index contributed by atoms with van der Waals surface area (Å²) < 4.78 is 1.30. The summed E-state index contributed by atoms with van der Waals surface area (Å²) in [6, 6.07) is 8.66. The molecule has 2 heteroatoms. The summed E-state index contributed by atoms with van der Waals surface area (Å²) in [5, 5.41) is 3.60. The van der Waals surface area contributed by atoms with E-state index in [0.29, 0.717) is 5.41 Å². The van der Waals surface area contributed by atoms with Crippen LogP contribution >= 0.6 is 22.6 Å². The van der Waals surface area contributed by atoms with Gasteiger partial charge in [0.1, 0.15) is 0 Å². The third-order valence-corrected chi connectivity index (χ3v) is 5.16. The van der Waals surface area contributed by atoms with Gasteiger partial charge in [-0.1, -0.05) is 26.8 Å². The van der Waals surface area contributed by atoms with Crippen molar-refractivity contribution in [1.82, 2.24) is 0 Å². The van der Waals surface area contributed by atoms with Gasteiger partial charge < -0.3 is 5.32 Å². The molecule has 1 fully saturated rings. The maximum Gasteiger partial charge on any atom is 0.0350 e. The Hall–Kier alpha value is -0.250. The van der Waals surface area contributed by atoms with Gasteiger partial charge in [-0.25, -0.2) is 0 Å². The second kappa shape index (κ2) is 6.47. The fraction of sp³-hybridized carbons (Fsp3) is 0.647. The molecule has 0 bridgehead atoms. The molecule has 1 aliphatic rings. The van der Waals surface area contributed by atoms with Crippen LogP contribution in [-0.2, 0) is 0 Å². The van der Waals surface area contributed by atoms with E-state index in [1.54, 1.807) is 0 Å². The maximum atomic E-state index is 3.60. The molecule has 1 saturated carbocycles. The normalized spacial score (nSPS) is 24.2. The number of nitrogens with one attached hydrogen (secondary N) is 1. The molecular weight excluding hydrogens is 345 g/mol. The van der Waals surface area contributed by atoms with Crippen molar-refractivity contribution in [3.63, 3.8) is 0 Å². The van der Waals surface area contributed by atoms with Gasteiger partial charge in [0.2, 0.25) is 0 Å². The van der Waals surface area contributed by atoms with Gasteiger partial charge in [0.25, 0.3) is 0 Å². The molecule has 1 N–H and O–H groups in total. The Labute approximate surface area is 131 Å². The minimum Gasteiger partial charge on any atom is -0.385 e. The SMILES string of the molecule is CC(C)(C)C1CCC(CNc2cccc(I)c2)CC1. The lowest BCUT2D eigenvalue weighted by Crippen LogP contribution is -2.28. The van der Waals surface area contributed by atoms with Crippen molar-refractivity contribution in [2.45, 2.75) is 46.5 Å². The minimum absolute atomic E-state index is 0.494. The lowest BCUT2D eigenvalue weighted by Gasteiger charge is -2.37. The highest BCUT2D eigenvalue weighted by Crippen LogP contribution is 2.39. The zero-order chi connectivity index (χ0) is 13.9. The number of halogens is 1. The van der Waals surface area contributed by atoms with Crippen LogP contribution in [0.2, 0.25) is 0 Å². The first kappa shape index (κ1) is 15.1. The maximum absolute atomic E-state index is 3.60. The molecule has 106 valence electrons. The topological polar surface area (TPSA) is 12.0 Å². The van der Waals surface area contributed by atoms with Gasteiger partial charge in [-0.2, -0.15) is 0 Å². The van der Waals surface area contributed by atoms with Gasteiger partial charge in [-0.05, 0) is 83.7 Å². The fourth-order valence-electron chi connectivity index (χ4n) is 3.09. The van der Waals surface area contributed by atoms with Gasteiger partial charge in [-0.3, -0.25) is 0 Å². The Morgan fingerprint density at radius 3 is 2.42 bits per heavy atom. The van der Waals surface area contributed by atoms with Crippen LogP contribution in [0, 0.1) is 20.8 Å². The Morgan fingerprint density at radius 1 is 1.16 bits per heavy atom. The predicted molar refractivity (Wildman–Crippen MR) is 92.6 cm³/mol. The summed E-state index contributed by atoms with van der Waals surface area (Å²) in [7, 11) is 0. The largest absolute Gasteiger partial charge is 0.385 e. The summed E-state index contributed by atoms with van der Waals surface area (Å²) in [6.07, 6.45) is 5.59. The van der Waals surface area contributed by atoms with Crippen molar-refractivity contribution < 1.29 is 0 Å². The molecule has 1 aromatic carbocycles. The van der Waals surface area contributed by atoms with Crippen molar-refractivity contribution in [2.75, 3.05) is 11.9 Å². The highest BCUT2D eigenvalue weighted by atomic mass is 127. The molecule has 0 aromatic heterocycles. The molecule has 0 unspecified atom stereocenters. The fourth-order valence-corrected chi connectivity index (χ4v) is 3.64. The van der Waals surface area contributed by atoms with Crippen LogP contribution < -0.4 is 5.32 Å². The second-order valence-corrected chi connectivity index (χ2v) is 8.22. The van der Waals surface area contributed by atoms with Crippen LogP contribution in [0.4, 0.5) is 5.69 Å². The number of anilines is 1. The van der Waals surface area contributed by atoms with Crippen LogP contribution in [0.1, 0.15) is 46.5 Å². The van der Waals surface area contributed by atoms with Crippen LogP contribution in [0.25, 0.3) is 0 Å². The van der Waals surface area contributed by atoms with E-state index in [-0.39, 0.29) is 0 Å². The Balaban J connectivity index is 1.77. The summed E-state index contributed by atoms with van der Waals surface area (Å²) in [6.45, 7) is 8.31. The average molecular weight is 371 g/mol. The Bertz CT molecular complexity index is 400. The van der Waals surface area contributed by atoms with Gasteiger partial charge in [0, 0.05) is 15.8 Å². The third-order valence-electron chi connectivity index (χ3n) is 4.49. The number of benzene rings is 1. The first-order valence-electron chi connectivity index (χ1n) is 7.44. The molecule has 0 atom stereocenters. The van der Waals surface area contributed by atoms with Gasteiger partial charge in [0.05, 0.1) is 0 Å². The van der Waals surface area contributed by atoms with E-state index in [2.05, 4.69) is 72.9 Å². The van der Waals surface area contributed by atoms with Gasteiger partial charge >= 0.3 is 0 Å². The van der Waals surface area contributed by atoms with E-state index in [1.807, 2.05) is 0 Å². The molecular formula is C17H26IN. The zero-order valence-corrected chi connectivity index (χ0v) is 14.5. The molecule has 0 heterocycles. The molecule has 0 spiro atoms. The summed E-state index contributed by atoms with van der Waals surface area (Å²) in [5.41, 5.74) is 1.76. The van der Waals surface area contributed by atoms with E-state index < -0.39 is 0 Å². The number of hydrogen-bond donors (Lipinski definition) is 1. The van der Waals surface area contributed by atoms with Gasteiger partial charge in [0.15, 0.2) is 0 Å².